The lowest BCUT2D eigenvalue weighted by atomic mass is 9.96. The van der Waals surface area contributed by atoms with Gasteiger partial charge < -0.3 is 24.2 Å². The van der Waals surface area contributed by atoms with Crippen LogP contribution in [0.4, 0.5) is 0 Å². The van der Waals surface area contributed by atoms with Crippen molar-refractivity contribution >= 4 is 37.4 Å². The summed E-state index contributed by atoms with van der Waals surface area (Å²) in [6.45, 7) is 2.84. The Balaban J connectivity index is 1.94. The van der Waals surface area contributed by atoms with Gasteiger partial charge in [-0.25, -0.2) is 4.57 Å². The van der Waals surface area contributed by atoms with Crippen LogP contribution in [0.15, 0.2) is 41.3 Å². The van der Waals surface area contributed by atoms with E-state index in [1.165, 1.54) is 44.3 Å². The van der Waals surface area contributed by atoms with Crippen molar-refractivity contribution in [1.82, 2.24) is 9.55 Å². The summed E-state index contributed by atoms with van der Waals surface area (Å²) in [5.41, 5.74) is -2.65. The first-order valence-corrected chi connectivity index (χ1v) is 13.8. The fraction of sp³-hybridized carbons (Fsp3) is 0.522. The lowest BCUT2D eigenvalue weighted by Crippen LogP contribution is -2.44. The predicted molar refractivity (Wildman–Crippen MR) is 137 cm³/mol. The first-order chi connectivity index (χ1) is 17.9. The molecule has 3 rings (SSSR count). The maximum Gasteiger partial charge on any atom is 0.380 e. The third-order valence-corrected chi connectivity index (χ3v) is 7.81. The van der Waals surface area contributed by atoms with E-state index in [1.54, 1.807) is 13.8 Å². The number of rotatable bonds is 10. The number of aromatic nitrogens is 2. The number of esters is 1. The van der Waals surface area contributed by atoms with Crippen LogP contribution in [0.25, 0.3) is 0 Å². The van der Waals surface area contributed by atoms with Crippen LogP contribution in [0, 0.1) is 10.7 Å². The summed E-state index contributed by atoms with van der Waals surface area (Å²) in [4.78, 5) is 26.4. The molecule has 0 amide bonds. The van der Waals surface area contributed by atoms with Gasteiger partial charge in [0.15, 0.2) is 11.0 Å². The molecule has 1 saturated heterocycles. The third kappa shape index (κ3) is 7.29. The van der Waals surface area contributed by atoms with Gasteiger partial charge in [-0.2, -0.15) is 0 Å². The molecular weight excluding hydrogens is 547 g/mol. The van der Waals surface area contributed by atoms with Gasteiger partial charge in [0.2, 0.25) is 0 Å². The summed E-state index contributed by atoms with van der Waals surface area (Å²) in [6, 6.07) is 6.76. The van der Waals surface area contributed by atoms with E-state index in [0.717, 1.165) is 10.6 Å². The van der Waals surface area contributed by atoms with E-state index in [4.69, 9.17) is 45.1 Å². The number of hydrogen-bond donors (Lipinski definition) is 3. The van der Waals surface area contributed by atoms with E-state index in [-0.39, 0.29) is 10.5 Å². The second-order valence-electron chi connectivity index (χ2n) is 9.03. The molecule has 0 aliphatic carbocycles. The molecule has 0 bridgehead atoms. The molecule has 0 spiro atoms. The summed E-state index contributed by atoms with van der Waals surface area (Å²) in [7, 11) is -4.53. The zero-order valence-corrected chi connectivity index (χ0v) is 23.0. The molecule has 2 heterocycles. The monoisotopic (exact) mass is 578 g/mol. The number of aromatic amines is 1. The number of H-pyrrole nitrogens is 1. The highest BCUT2D eigenvalue weighted by molar-refractivity contribution is 7.71. The summed E-state index contributed by atoms with van der Waals surface area (Å²) < 4.78 is 53.9. The minimum Gasteiger partial charge on any atom is -0.463 e. The molecule has 3 N–H and O–H groups in total. The topological polar surface area (TPSA) is 149 Å². The van der Waals surface area contributed by atoms with Gasteiger partial charge in [-0.1, -0.05) is 18.5 Å². The molecule has 1 aliphatic rings. The van der Waals surface area contributed by atoms with Crippen molar-refractivity contribution in [3.8, 4) is 5.75 Å². The van der Waals surface area contributed by atoms with Gasteiger partial charge in [-0.05, 0) is 57.3 Å². The highest BCUT2D eigenvalue weighted by atomic mass is 35.5. The average Bonchev–Trinajstić information content (AvgIpc) is 3.04. The Labute approximate surface area is 226 Å². The predicted octanol–water partition coefficient (Wildman–Crippen LogP) is 3.44. The number of ether oxygens (including phenoxy) is 2. The van der Waals surface area contributed by atoms with E-state index in [2.05, 4.69) is 4.98 Å². The molecule has 1 fully saturated rings. The summed E-state index contributed by atoms with van der Waals surface area (Å²) >= 11 is 11.0. The van der Waals surface area contributed by atoms with E-state index in [0.29, 0.717) is 5.02 Å². The van der Waals surface area contributed by atoms with E-state index in [1.807, 2.05) is 0 Å². The van der Waals surface area contributed by atoms with Crippen LogP contribution in [0.2, 0.25) is 5.02 Å². The third-order valence-electron chi connectivity index (χ3n) is 5.38. The van der Waals surface area contributed by atoms with Gasteiger partial charge >= 0.3 is 13.6 Å². The van der Waals surface area contributed by atoms with Crippen LogP contribution < -0.4 is 10.1 Å². The lowest BCUT2D eigenvalue weighted by molar-refractivity contribution is -0.151. The first kappa shape index (κ1) is 26.6. The van der Waals surface area contributed by atoms with Gasteiger partial charge in [0.25, 0.3) is 5.56 Å². The minimum atomic E-state index is -4.53. The molecule has 6 atom stereocenters. The second-order valence-corrected chi connectivity index (χ2v) is 11.8. The van der Waals surface area contributed by atoms with Crippen LogP contribution in [0.1, 0.15) is 36.7 Å². The number of aliphatic hydroxyl groups is 2. The Bertz CT molecular complexity index is 1350. The highest BCUT2D eigenvalue weighted by Crippen LogP contribution is 2.51. The Morgan fingerprint density at radius 3 is 2.59 bits per heavy atom. The molecule has 204 valence electrons. The molecule has 14 heteroatoms. The molecular formula is C23H30ClN2O9PS. The Kier molecular flexibility index (Phi) is 8.45. The Morgan fingerprint density at radius 2 is 2.00 bits per heavy atom. The first-order valence-electron chi connectivity index (χ1n) is 12.3. The van der Waals surface area contributed by atoms with Crippen molar-refractivity contribution < 1.29 is 40.8 Å². The number of halogens is 1. The number of carbonyl (C=O) groups is 1. The fourth-order valence-electron chi connectivity index (χ4n) is 3.49. The molecule has 2 aromatic rings. The zero-order valence-electron chi connectivity index (χ0n) is 22.5. The number of benzene rings is 1. The van der Waals surface area contributed by atoms with E-state index < -0.39 is 67.9 Å². The summed E-state index contributed by atoms with van der Waals surface area (Å²) in [6.07, 6.45) is -5.12. The number of nitrogens with zero attached hydrogens (tertiary/aromatic N) is 1. The maximum absolute atomic E-state index is 14.0. The average molecular weight is 579 g/mol. The van der Waals surface area contributed by atoms with Crippen molar-refractivity contribution in [1.29, 1.82) is 0 Å². The Hall–Kier alpha value is -2.05. The second kappa shape index (κ2) is 11.8. The molecule has 1 aliphatic heterocycles. The van der Waals surface area contributed by atoms with Crippen molar-refractivity contribution in [3.63, 3.8) is 0 Å². The number of aliphatic hydroxyl groups excluding tert-OH is 1. The summed E-state index contributed by atoms with van der Waals surface area (Å²) in [5.74, 6) is -1.73. The molecule has 1 aromatic carbocycles. The van der Waals surface area contributed by atoms with Crippen LogP contribution in [-0.2, 0) is 23.4 Å². The van der Waals surface area contributed by atoms with E-state index >= 15 is 0 Å². The largest absolute Gasteiger partial charge is 0.463 e. The fourth-order valence-corrected chi connectivity index (χ4v) is 5.59. The van der Waals surface area contributed by atoms with Crippen LogP contribution in [-0.4, -0.2) is 62.4 Å². The molecule has 0 radical (unpaired) electrons. The number of hydrogen-bond acceptors (Lipinski definition) is 10. The zero-order chi connectivity index (χ0) is 29.3. The SMILES string of the molecule is [2H]C([2H])(O[P@](=O)(C[C@@H](C)C(=O)OC(C)C)Oc1ccc(Cl)cc1)[C@H]1O[C@@H](n2ccc(=O)[nH]c2=S)C(C)(O)[C@H]1O. The molecule has 37 heavy (non-hydrogen) atoms. The molecule has 1 unspecified atom stereocenters. The van der Waals surface area contributed by atoms with Gasteiger partial charge in [-0.15, -0.1) is 0 Å². The van der Waals surface area contributed by atoms with Crippen molar-refractivity contribution in [3.05, 3.63) is 56.7 Å². The quantitative estimate of drug-likeness (QED) is 0.217. The van der Waals surface area contributed by atoms with Crippen LogP contribution in [0.5, 0.6) is 5.75 Å². The molecule has 1 aromatic heterocycles. The summed E-state index contributed by atoms with van der Waals surface area (Å²) in [5, 5.41) is 22.3. The van der Waals surface area contributed by atoms with Crippen molar-refractivity contribution in [2.75, 3.05) is 12.7 Å². The maximum atomic E-state index is 14.0. The van der Waals surface area contributed by atoms with Crippen molar-refractivity contribution in [2.24, 2.45) is 5.92 Å². The normalized spacial score (nSPS) is 27.2. The number of nitrogens with one attached hydrogen (secondary N) is 1. The van der Waals surface area contributed by atoms with Gasteiger partial charge in [0.05, 0.1) is 27.5 Å². The number of carbonyl (C=O) groups excluding carboxylic acids is 1. The Morgan fingerprint density at radius 1 is 1.35 bits per heavy atom. The van der Waals surface area contributed by atoms with Gasteiger partial charge in [-0.3, -0.25) is 23.7 Å². The van der Waals surface area contributed by atoms with Gasteiger partial charge in [0.1, 0.15) is 23.6 Å². The molecule has 11 nitrogen and oxygen atoms in total. The van der Waals surface area contributed by atoms with Crippen LogP contribution >= 0.6 is 31.4 Å². The lowest BCUT2D eigenvalue weighted by Gasteiger charge is -2.28. The van der Waals surface area contributed by atoms with Crippen LogP contribution in [0.3, 0.4) is 0 Å². The minimum absolute atomic E-state index is 0.0141. The highest BCUT2D eigenvalue weighted by Gasteiger charge is 2.53. The smallest absolute Gasteiger partial charge is 0.380 e. The van der Waals surface area contributed by atoms with Gasteiger partial charge in [0, 0.05) is 17.3 Å². The van der Waals surface area contributed by atoms with Crippen molar-refractivity contribution in [2.45, 2.75) is 57.8 Å². The van der Waals surface area contributed by atoms with E-state index in [9.17, 15) is 24.4 Å². The molecule has 0 saturated carbocycles. The standard InChI is InChI=1S/C23H30ClN2O9PS/c1-13(2)33-20(29)14(3)12-36(31,35-16-7-5-15(24)6-8-16)32-11-17-19(28)23(4,30)21(34-17)26-10-9-18(27)25-22(26)37/h5-10,13-14,17,19,21,28,30H,11-12H2,1-4H3,(H,25,27,37)/t14-,17-,19+,21-,23?,36-/m1/s1/i11D2.